The molecule has 0 aliphatic carbocycles. The van der Waals surface area contributed by atoms with E-state index in [0.717, 1.165) is 18.2 Å². The Morgan fingerprint density at radius 3 is 1.88 bits per heavy atom. The van der Waals surface area contributed by atoms with Crippen molar-refractivity contribution in [1.29, 1.82) is 0 Å². The van der Waals surface area contributed by atoms with Crippen LogP contribution in [-0.4, -0.2) is 108 Å². The summed E-state index contributed by atoms with van der Waals surface area (Å²) < 4.78 is 117. The molecule has 0 fully saturated rings. The number of anilines is 1. The Hall–Kier alpha value is -1.35. The Morgan fingerprint density at radius 2 is 1.33 bits per heavy atom. The normalized spacial score (nSPS) is 13.7. The maximum atomic E-state index is 13.0. The van der Waals surface area contributed by atoms with Gasteiger partial charge in [-0.1, -0.05) is 6.07 Å². The third-order valence-electron chi connectivity index (χ3n) is 8.68. The summed E-state index contributed by atoms with van der Waals surface area (Å²) in [4.78, 5) is 10.1. The van der Waals surface area contributed by atoms with Crippen LogP contribution in [0.5, 0.6) is 5.75 Å². The summed E-state index contributed by atoms with van der Waals surface area (Å²) in [5.41, 5.74) is -1.56. The number of amides is 2. The quantitative estimate of drug-likeness (QED) is 0.0107. The number of urea groups is 1. The molecule has 0 aliphatic heterocycles. The van der Waals surface area contributed by atoms with Gasteiger partial charge in [0.05, 0.1) is 74.7 Å². The van der Waals surface area contributed by atoms with E-state index in [2.05, 4.69) is 52.3 Å². The SMILES string of the molecule is [CH2]OC(C(O)CO)C(O)C(O)CNC(=O)Nc1ccc(S(=O)(=O)[O-])c2cc(S(=O)(=O)[O-])c(N=Nc3ccc(N=Nc4ccc(S(=O)(=O)[O-])cc4)c4ccc(SOO[O-])cc34)c(O)c12.[Na+].[Na+].[Na+].[Na+]. The number of fused-ring (bicyclic) bond motifs is 2. The molecule has 67 heavy (non-hydrogen) atoms. The van der Waals surface area contributed by atoms with E-state index >= 15 is 0 Å². The molecule has 1 radical (unpaired) electrons. The first-order valence-electron chi connectivity index (χ1n) is 17.0. The van der Waals surface area contributed by atoms with E-state index in [1.54, 1.807) is 0 Å². The molecular weight excluding hydrogens is 1020 g/mol. The van der Waals surface area contributed by atoms with Gasteiger partial charge in [0.2, 0.25) is 0 Å². The van der Waals surface area contributed by atoms with Crippen molar-refractivity contribution in [2.75, 3.05) is 18.5 Å². The Morgan fingerprint density at radius 1 is 0.731 bits per heavy atom. The first-order chi connectivity index (χ1) is 29.6. The van der Waals surface area contributed by atoms with Gasteiger partial charge >= 0.3 is 124 Å². The largest absolute Gasteiger partial charge is 1.00 e. The molecule has 5 aromatic carbocycles. The van der Waals surface area contributed by atoms with Crippen molar-refractivity contribution in [2.45, 2.75) is 44.0 Å². The van der Waals surface area contributed by atoms with Gasteiger partial charge in [-0.05, 0) is 66.7 Å². The van der Waals surface area contributed by atoms with Gasteiger partial charge in [-0.15, -0.1) is 15.3 Å². The molecule has 33 heteroatoms. The Bertz CT molecular complexity index is 2940. The average Bonchev–Trinajstić information content (AvgIpc) is 3.22. The van der Waals surface area contributed by atoms with Crippen LogP contribution in [0.15, 0.2) is 113 Å². The fourth-order valence-corrected chi connectivity index (χ4v) is 7.92. The maximum absolute atomic E-state index is 13.0. The molecule has 0 heterocycles. The fraction of sp³-hybridized carbons (Fsp3) is 0.176. The summed E-state index contributed by atoms with van der Waals surface area (Å²) in [6.07, 6.45) is -7.09. The van der Waals surface area contributed by atoms with Crippen molar-refractivity contribution in [3.8, 4) is 5.75 Å². The van der Waals surface area contributed by atoms with E-state index in [-0.39, 0.29) is 151 Å². The number of benzene rings is 5. The maximum Gasteiger partial charge on any atom is 1.00 e. The van der Waals surface area contributed by atoms with Gasteiger partial charge < -0.3 is 59.8 Å². The number of phenols is 1. The minimum absolute atomic E-state index is 0. The number of nitrogens with zero attached hydrogens (tertiary/aromatic N) is 4. The summed E-state index contributed by atoms with van der Waals surface area (Å²) in [7, 11) is -12.9. The van der Waals surface area contributed by atoms with E-state index in [9.17, 15) is 69.4 Å². The molecule has 0 saturated heterocycles. The average molecular weight is 1050 g/mol. The molecule has 0 aromatic heterocycles. The van der Waals surface area contributed by atoms with Crippen LogP contribution in [0.2, 0.25) is 0 Å². The van der Waals surface area contributed by atoms with Crippen molar-refractivity contribution < 1.29 is 207 Å². The number of hydrogen-bond acceptors (Lipinski definition) is 24. The van der Waals surface area contributed by atoms with Crippen LogP contribution >= 0.6 is 12.0 Å². The van der Waals surface area contributed by atoms with Crippen molar-refractivity contribution in [2.24, 2.45) is 20.5 Å². The Balaban J connectivity index is 0.00000561. The zero-order chi connectivity index (χ0) is 46.4. The topological polar surface area (TPSA) is 414 Å². The van der Waals surface area contributed by atoms with E-state index < -0.39 is 117 Å². The molecule has 0 saturated carbocycles. The number of rotatable bonds is 18. The number of ether oxygens (including phenoxy) is 1. The minimum Gasteiger partial charge on any atom is -0.744 e. The molecule has 4 unspecified atom stereocenters. The monoisotopic (exact) mass is 1040 g/mol. The van der Waals surface area contributed by atoms with Crippen LogP contribution in [0.4, 0.5) is 33.2 Å². The van der Waals surface area contributed by atoms with E-state index in [1.807, 2.05) is 0 Å². The molecule has 0 spiro atoms. The molecule has 0 bridgehead atoms. The summed E-state index contributed by atoms with van der Waals surface area (Å²) in [5.74, 6) is -1.29. The van der Waals surface area contributed by atoms with E-state index in [4.69, 9.17) is 5.11 Å². The molecule has 25 nitrogen and oxygen atoms in total. The molecule has 2 amide bonds. The summed E-state index contributed by atoms with van der Waals surface area (Å²) >= 11 is 0.443. The second kappa shape index (κ2) is 27.5. The zero-order valence-corrected chi connectivity index (χ0v) is 46.5. The first kappa shape index (κ1) is 63.7. The summed E-state index contributed by atoms with van der Waals surface area (Å²) in [5, 5.41) is 84.1. The Labute approximate surface area is 473 Å². The van der Waals surface area contributed by atoms with Crippen LogP contribution in [0.1, 0.15) is 0 Å². The van der Waals surface area contributed by atoms with Crippen LogP contribution in [0, 0.1) is 7.11 Å². The van der Waals surface area contributed by atoms with Crippen molar-refractivity contribution in [1.82, 2.24) is 5.32 Å². The predicted octanol–water partition coefficient (Wildman–Crippen LogP) is -10.1. The predicted molar refractivity (Wildman–Crippen MR) is 209 cm³/mol. The van der Waals surface area contributed by atoms with Crippen LogP contribution in [0.3, 0.4) is 0 Å². The number of carbonyl (C=O) groups is 1. The number of hydrogen-bond donors (Lipinski definition) is 7. The number of aliphatic hydroxyl groups is 4. The fourth-order valence-electron chi connectivity index (χ4n) is 5.76. The smallest absolute Gasteiger partial charge is 0.744 e. The van der Waals surface area contributed by atoms with Gasteiger partial charge in [0.25, 0.3) is 0 Å². The van der Waals surface area contributed by atoms with Gasteiger partial charge in [0, 0.05) is 27.6 Å². The van der Waals surface area contributed by atoms with Crippen molar-refractivity contribution in [3.63, 3.8) is 0 Å². The van der Waals surface area contributed by atoms with Gasteiger partial charge in [0.1, 0.15) is 54.4 Å². The first-order valence-corrected chi connectivity index (χ1v) is 22.0. The van der Waals surface area contributed by atoms with Crippen LogP contribution in [0.25, 0.3) is 21.5 Å². The van der Waals surface area contributed by atoms with E-state index in [1.165, 1.54) is 42.5 Å². The molecule has 7 N–H and O–H groups in total. The third kappa shape index (κ3) is 16.3. The van der Waals surface area contributed by atoms with Crippen molar-refractivity contribution >= 4 is 98.4 Å². The second-order valence-electron chi connectivity index (χ2n) is 12.7. The number of phenolic OH excluding ortho intramolecular Hbond substituents is 1. The summed E-state index contributed by atoms with van der Waals surface area (Å²) in [6.45, 7) is -1.67. The van der Waals surface area contributed by atoms with Gasteiger partial charge in [0.15, 0.2) is 5.75 Å². The van der Waals surface area contributed by atoms with Crippen LogP contribution < -0.4 is 134 Å². The molecule has 4 atom stereocenters. The molecular formula is C34H29N6Na4O19S4. The standard InChI is InChI=1S/C34H33N6O19S4.4Na/c1-57-33(26(43)15-41)31(44)25(42)14-35-34(46)36-24-10-11-27(62(51,52)53)21-13-28(63(54,55)56)30(32(45)29(21)24)40-39-23-9-8-22(19-7-4-17(12-20(19)23)60-59-58-47)38-37-16-2-5-18(6-3-16)61(48,49)50;;;;/h2-13,25-26,31,33,41-45,47H,1,14-15H2,(H2,35,36,46)(H,48,49,50)(H,51,52,53)(H,54,55,56);;;;/q;4*+1/p-4. The molecule has 5 aromatic rings. The zero-order valence-electron chi connectivity index (χ0n) is 35.2. The Kier molecular flexibility index (Phi) is 26.1. The number of aromatic hydroxyl groups is 1. The molecule has 0 aliphatic rings. The van der Waals surface area contributed by atoms with E-state index in [0.29, 0.717) is 24.2 Å². The molecule has 5 rings (SSSR count). The number of aliphatic hydroxyl groups excluding tert-OH is 4. The van der Waals surface area contributed by atoms with Gasteiger partial charge in [-0.2, -0.15) is 9.45 Å². The number of carbonyl (C=O) groups excluding carboxylic acids is 1. The van der Waals surface area contributed by atoms with Gasteiger partial charge in [-0.3, -0.25) is 5.04 Å². The number of nitrogens with one attached hydrogen (secondary N) is 2. The number of azo groups is 2. The minimum atomic E-state index is -5.71. The summed E-state index contributed by atoms with van der Waals surface area (Å²) in [6, 6.07) is 11.8. The molecule has 337 valence electrons. The second-order valence-corrected chi connectivity index (χ2v) is 17.5. The van der Waals surface area contributed by atoms with Crippen LogP contribution in [-0.2, 0) is 44.5 Å². The third-order valence-corrected chi connectivity index (χ3v) is 11.8. The van der Waals surface area contributed by atoms with Crippen molar-refractivity contribution in [3.05, 3.63) is 79.9 Å². The van der Waals surface area contributed by atoms with Gasteiger partial charge in [-0.25, -0.2) is 30.0 Å².